The zero-order valence-electron chi connectivity index (χ0n) is 12.3. The second-order valence-corrected chi connectivity index (χ2v) is 4.84. The Labute approximate surface area is 118 Å². The monoisotopic (exact) mass is 276 g/mol. The summed E-state index contributed by atoms with van der Waals surface area (Å²) in [7, 11) is 3.51. The molecular formula is C13H20N6O. The van der Waals surface area contributed by atoms with Gasteiger partial charge in [-0.15, -0.1) is 10.2 Å². The molecule has 0 radical (unpaired) electrons. The van der Waals surface area contributed by atoms with E-state index in [1.54, 1.807) is 29.8 Å². The molecule has 2 rings (SSSR count). The first-order valence-corrected chi connectivity index (χ1v) is 6.74. The first-order valence-electron chi connectivity index (χ1n) is 6.74. The molecule has 0 fully saturated rings. The molecule has 1 N–H and O–H groups in total. The van der Waals surface area contributed by atoms with Crippen LogP contribution in [0.4, 0.5) is 5.69 Å². The SMILES string of the molecule is CCc1cc(NC(CC)C(=O)N(C)C)c2nncn2n1. The summed E-state index contributed by atoms with van der Waals surface area (Å²) in [5.74, 6) is 0.0417. The van der Waals surface area contributed by atoms with E-state index in [1.807, 2.05) is 19.9 Å². The number of nitrogens with zero attached hydrogens (tertiary/aromatic N) is 5. The maximum atomic E-state index is 12.1. The lowest BCUT2D eigenvalue weighted by molar-refractivity contribution is -0.129. The van der Waals surface area contributed by atoms with Crippen LogP contribution in [0, 0.1) is 0 Å². The summed E-state index contributed by atoms with van der Waals surface area (Å²) in [6.07, 6.45) is 3.07. The van der Waals surface area contributed by atoms with Crippen molar-refractivity contribution in [1.29, 1.82) is 0 Å². The molecule has 7 heteroatoms. The van der Waals surface area contributed by atoms with E-state index < -0.39 is 0 Å². The molecule has 0 saturated carbocycles. The highest BCUT2D eigenvalue weighted by molar-refractivity contribution is 5.85. The molecule has 108 valence electrons. The van der Waals surface area contributed by atoms with Crippen molar-refractivity contribution in [3.63, 3.8) is 0 Å². The standard InChI is InChI=1S/C13H20N6O/c1-5-9-7-11(12-16-14-8-19(12)17-9)15-10(6-2)13(20)18(3)4/h7-8,10,15H,5-6H2,1-4H3. The van der Waals surface area contributed by atoms with Crippen LogP contribution >= 0.6 is 0 Å². The van der Waals surface area contributed by atoms with Crippen LogP contribution in [0.2, 0.25) is 0 Å². The van der Waals surface area contributed by atoms with E-state index in [0.29, 0.717) is 12.1 Å². The molecule has 0 aliphatic rings. The highest BCUT2D eigenvalue weighted by Gasteiger charge is 2.20. The van der Waals surface area contributed by atoms with Gasteiger partial charge in [0.2, 0.25) is 11.6 Å². The topological polar surface area (TPSA) is 75.4 Å². The molecule has 7 nitrogen and oxygen atoms in total. The van der Waals surface area contributed by atoms with E-state index >= 15 is 0 Å². The average molecular weight is 276 g/mol. The Morgan fingerprint density at radius 2 is 2.20 bits per heavy atom. The predicted molar refractivity (Wildman–Crippen MR) is 76.6 cm³/mol. The zero-order valence-corrected chi connectivity index (χ0v) is 12.3. The maximum Gasteiger partial charge on any atom is 0.244 e. The third kappa shape index (κ3) is 2.71. The highest BCUT2D eigenvalue weighted by Crippen LogP contribution is 2.17. The molecule has 2 aromatic rings. The van der Waals surface area contributed by atoms with Crippen LogP contribution in [0.15, 0.2) is 12.4 Å². The fourth-order valence-corrected chi connectivity index (χ4v) is 2.00. The number of fused-ring (bicyclic) bond motifs is 1. The normalized spacial score (nSPS) is 12.4. The Balaban J connectivity index is 2.36. The van der Waals surface area contributed by atoms with Gasteiger partial charge in [-0.25, -0.2) is 0 Å². The van der Waals surface area contributed by atoms with Crippen molar-refractivity contribution < 1.29 is 4.79 Å². The number of carbonyl (C=O) groups is 1. The lowest BCUT2D eigenvalue weighted by Crippen LogP contribution is -2.38. The molecule has 0 spiro atoms. The van der Waals surface area contributed by atoms with Crippen molar-refractivity contribution in [2.24, 2.45) is 0 Å². The van der Waals surface area contributed by atoms with Gasteiger partial charge < -0.3 is 10.2 Å². The van der Waals surface area contributed by atoms with Crippen molar-refractivity contribution in [3.8, 4) is 0 Å². The Kier molecular flexibility index (Phi) is 4.16. The third-order valence-corrected chi connectivity index (χ3v) is 3.16. The number of hydrogen-bond acceptors (Lipinski definition) is 5. The molecule has 1 amide bonds. The molecule has 0 saturated heterocycles. The maximum absolute atomic E-state index is 12.1. The summed E-state index contributed by atoms with van der Waals surface area (Å²) in [5.41, 5.74) is 2.34. The van der Waals surface area contributed by atoms with Crippen LogP contribution in [0.25, 0.3) is 5.65 Å². The number of nitrogens with one attached hydrogen (secondary N) is 1. The van der Waals surface area contributed by atoms with Gasteiger partial charge in [-0.1, -0.05) is 13.8 Å². The Hall–Kier alpha value is -2.18. The lowest BCUT2D eigenvalue weighted by Gasteiger charge is -2.21. The summed E-state index contributed by atoms with van der Waals surface area (Å²) in [4.78, 5) is 13.7. The van der Waals surface area contributed by atoms with Crippen molar-refractivity contribution in [2.75, 3.05) is 19.4 Å². The van der Waals surface area contributed by atoms with Gasteiger partial charge in [-0.2, -0.15) is 9.61 Å². The number of aryl methyl sites for hydroxylation is 1. The largest absolute Gasteiger partial charge is 0.371 e. The zero-order chi connectivity index (χ0) is 14.7. The second-order valence-electron chi connectivity index (χ2n) is 4.84. The average Bonchev–Trinajstić information content (AvgIpc) is 2.91. The molecule has 0 aliphatic heterocycles. The van der Waals surface area contributed by atoms with E-state index in [0.717, 1.165) is 17.8 Å². The van der Waals surface area contributed by atoms with Crippen LogP contribution in [0.5, 0.6) is 0 Å². The molecule has 2 aromatic heterocycles. The van der Waals surface area contributed by atoms with Crippen molar-refractivity contribution in [1.82, 2.24) is 24.7 Å². The van der Waals surface area contributed by atoms with E-state index in [2.05, 4.69) is 20.6 Å². The van der Waals surface area contributed by atoms with Gasteiger partial charge in [0.25, 0.3) is 0 Å². The summed E-state index contributed by atoms with van der Waals surface area (Å²) in [5, 5.41) is 15.6. The first-order chi connectivity index (χ1) is 9.56. The van der Waals surface area contributed by atoms with E-state index in [1.165, 1.54) is 0 Å². The predicted octanol–water partition coefficient (Wildman–Crippen LogP) is 0.965. The molecule has 1 unspecified atom stereocenters. The smallest absolute Gasteiger partial charge is 0.244 e. The Bertz CT molecular complexity index is 606. The lowest BCUT2D eigenvalue weighted by atomic mass is 10.2. The highest BCUT2D eigenvalue weighted by atomic mass is 16.2. The molecule has 2 heterocycles. The van der Waals surface area contributed by atoms with Crippen molar-refractivity contribution >= 4 is 17.2 Å². The molecule has 0 aliphatic carbocycles. The number of likely N-dealkylation sites (N-methyl/N-ethyl adjacent to an activating group) is 1. The van der Waals surface area contributed by atoms with Crippen molar-refractivity contribution in [3.05, 3.63) is 18.1 Å². The van der Waals surface area contributed by atoms with Gasteiger partial charge in [0.15, 0.2) is 0 Å². The summed E-state index contributed by atoms with van der Waals surface area (Å²) < 4.78 is 1.63. The summed E-state index contributed by atoms with van der Waals surface area (Å²) in [6, 6.07) is 1.65. The van der Waals surface area contributed by atoms with Crippen LogP contribution in [-0.4, -0.2) is 50.8 Å². The van der Waals surface area contributed by atoms with E-state index in [9.17, 15) is 4.79 Å². The minimum Gasteiger partial charge on any atom is -0.371 e. The van der Waals surface area contributed by atoms with Gasteiger partial charge in [0.05, 0.1) is 11.4 Å². The number of rotatable bonds is 5. The number of hydrogen-bond donors (Lipinski definition) is 1. The molecule has 20 heavy (non-hydrogen) atoms. The van der Waals surface area contributed by atoms with Crippen LogP contribution in [-0.2, 0) is 11.2 Å². The van der Waals surface area contributed by atoms with Crippen LogP contribution in [0.3, 0.4) is 0 Å². The van der Waals surface area contributed by atoms with E-state index in [-0.39, 0.29) is 11.9 Å². The number of anilines is 1. The fraction of sp³-hybridized carbons (Fsp3) is 0.538. The van der Waals surface area contributed by atoms with E-state index in [4.69, 9.17) is 0 Å². The van der Waals surface area contributed by atoms with Gasteiger partial charge in [0.1, 0.15) is 12.4 Å². The Morgan fingerprint density at radius 3 is 2.80 bits per heavy atom. The van der Waals surface area contributed by atoms with Gasteiger partial charge in [-0.3, -0.25) is 4.79 Å². The quantitative estimate of drug-likeness (QED) is 0.880. The number of amides is 1. The van der Waals surface area contributed by atoms with Gasteiger partial charge in [0, 0.05) is 14.1 Å². The molecule has 0 aromatic carbocycles. The minimum absolute atomic E-state index is 0.0417. The van der Waals surface area contributed by atoms with Crippen LogP contribution in [0.1, 0.15) is 26.0 Å². The van der Waals surface area contributed by atoms with Gasteiger partial charge in [-0.05, 0) is 18.9 Å². The summed E-state index contributed by atoms with van der Waals surface area (Å²) >= 11 is 0. The minimum atomic E-state index is -0.280. The Morgan fingerprint density at radius 1 is 1.45 bits per heavy atom. The third-order valence-electron chi connectivity index (χ3n) is 3.16. The second kappa shape index (κ2) is 5.85. The summed E-state index contributed by atoms with van der Waals surface area (Å²) in [6.45, 7) is 4.01. The van der Waals surface area contributed by atoms with Gasteiger partial charge >= 0.3 is 0 Å². The fourth-order valence-electron chi connectivity index (χ4n) is 2.00. The van der Waals surface area contributed by atoms with Crippen molar-refractivity contribution in [2.45, 2.75) is 32.7 Å². The molecule has 1 atom stereocenters. The number of aromatic nitrogens is 4. The number of carbonyl (C=O) groups excluding carboxylic acids is 1. The first kappa shape index (κ1) is 14.2. The van der Waals surface area contributed by atoms with Crippen LogP contribution < -0.4 is 5.32 Å². The molecular weight excluding hydrogens is 256 g/mol. The molecule has 0 bridgehead atoms.